The first-order valence-corrected chi connectivity index (χ1v) is 9.14. The Labute approximate surface area is 146 Å². The van der Waals surface area contributed by atoms with Crippen LogP contribution in [-0.4, -0.2) is 24.1 Å². The molecule has 0 aliphatic heterocycles. The second-order valence-electron chi connectivity index (χ2n) is 6.85. The van der Waals surface area contributed by atoms with Crippen molar-refractivity contribution in [1.82, 2.24) is 0 Å². The number of rotatable bonds is 4. The topological polar surface area (TPSA) is 52.6 Å². The van der Waals surface area contributed by atoms with Gasteiger partial charge in [0.1, 0.15) is 12.2 Å². The fourth-order valence-electron chi connectivity index (χ4n) is 2.87. The second-order valence-corrected chi connectivity index (χ2v) is 6.85. The minimum atomic E-state index is -0.413. The van der Waals surface area contributed by atoms with Crippen LogP contribution >= 0.6 is 0 Å². The van der Waals surface area contributed by atoms with Gasteiger partial charge >= 0.3 is 11.9 Å². The van der Waals surface area contributed by atoms with Crippen LogP contribution in [0.1, 0.15) is 78.1 Å². The molecule has 0 heterocycles. The number of carbonyl (C=O) groups is 2. The number of hydrogen-bond acceptors (Lipinski definition) is 4. The fourth-order valence-corrected chi connectivity index (χ4v) is 2.87. The van der Waals surface area contributed by atoms with Gasteiger partial charge in [-0.1, -0.05) is 51.7 Å². The molecule has 0 aromatic heterocycles. The van der Waals surface area contributed by atoms with E-state index in [1.54, 1.807) is 13.8 Å². The Kier molecular flexibility index (Phi) is 9.43. The Morgan fingerprint density at radius 1 is 0.667 bits per heavy atom. The van der Waals surface area contributed by atoms with Gasteiger partial charge < -0.3 is 9.47 Å². The van der Waals surface area contributed by atoms with Gasteiger partial charge in [-0.25, -0.2) is 9.59 Å². The normalized spacial score (nSPS) is 23.2. The average Bonchev–Trinajstić information content (AvgIpc) is 2.52. The maximum absolute atomic E-state index is 12.0. The van der Waals surface area contributed by atoms with Crippen LogP contribution < -0.4 is 0 Å². The van der Waals surface area contributed by atoms with Crippen LogP contribution in [0.5, 0.6) is 0 Å². The highest BCUT2D eigenvalue weighted by atomic mass is 16.6. The summed E-state index contributed by atoms with van der Waals surface area (Å²) in [7, 11) is 0. The molecule has 4 heteroatoms. The van der Waals surface area contributed by atoms with Crippen molar-refractivity contribution in [2.45, 2.75) is 90.3 Å². The van der Waals surface area contributed by atoms with Gasteiger partial charge in [-0.05, 0) is 39.5 Å². The lowest BCUT2D eigenvalue weighted by Gasteiger charge is -2.28. The van der Waals surface area contributed by atoms with Gasteiger partial charge in [-0.3, -0.25) is 0 Å². The van der Waals surface area contributed by atoms with E-state index in [1.165, 1.54) is 25.7 Å². The molecule has 0 aromatic rings. The van der Waals surface area contributed by atoms with Gasteiger partial charge in [0.25, 0.3) is 0 Å². The molecule has 2 unspecified atom stereocenters. The van der Waals surface area contributed by atoms with E-state index >= 15 is 0 Å². The van der Waals surface area contributed by atoms with E-state index in [-0.39, 0.29) is 0 Å². The van der Waals surface area contributed by atoms with Gasteiger partial charge in [0.15, 0.2) is 0 Å². The summed E-state index contributed by atoms with van der Waals surface area (Å²) in [4.78, 5) is 23.9. The Bertz CT molecular complexity index is 411. The molecule has 1 fully saturated rings. The number of esters is 2. The summed E-state index contributed by atoms with van der Waals surface area (Å²) in [5, 5.41) is 0. The molecule has 0 N–H and O–H groups in total. The molecule has 1 saturated carbocycles. The number of hydrogen-bond donors (Lipinski definition) is 0. The lowest BCUT2D eigenvalue weighted by molar-refractivity contribution is -0.164. The Balaban J connectivity index is 2.83. The first-order valence-electron chi connectivity index (χ1n) is 9.14. The van der Waals surface area contributed by atoms with Crippen LogP contribution in [0, 0.1) is 0 Å². The minimum Gasteiger partial charge on any atom is -0.455 e. The first kappa shape index (κ1) is 20.5. The van der Waals surface area contributed by atoms with Crippen LogP contribution in [-0.2, 0) is 19.1 Å². The highest BCUT2D eigenvalue weighted by Gasteiger charge is 2.28. The third-order valence-corrected chi connectivity index (χ3v) is 4.36. The quantitative estimate of drug-likeness (QED) is 0.542. The lowest BCUT2D eigenvalue weighted by atomic mass is 9.97. The van der Waals surface area contributed by atoms with Crippen LogP contribution in [0.2, 0.25) is 0 Å². The number of ether oxygens (including phenoxy) is 2. The Morgan fingerprint density at radius 2 is 0.958 bits per heavy atom. The first-order chi connectivity index (χ1) is 11.4. The monoisotopic (exact) mass is 336 g/mol. The zero-order valence-corrected chi connectivity index (χ0v) is 15.3. The molecule has 1 aliphatic rings. The number of carbonyl (C=O) groups excluding carboxylic acids is 2. The molecule has 0 spiro atoms. The maximum atomic E-state index is 12.0. The minimum absolute atomic E-state index is 0.367. The molecule has 1 rings (SSSR count). The van der Waals surface area contributed by atoms with Crippen LogP contribution in [0.4, 0.5) is 0 Å². The van der Waals surface area contributed by atoms with E-state index in [4.69, 9.17) is 9.47 Å². The molecule has 0 bridgehead atoms. The highest BCUT2D eigenvalue weighted by Crippen LogP contribution is 2.23. The predicted octanol–water partition coefficient (Wildman–Crippen LogP) is 4.88. The molecular weight excluding hydrogens is 304 g/mol. The highest BCUT2D eigenvalue weighted by molar-refractivity contribution is 5.88. The van der Waals surface area contributed by atoms with E-state index in [0.717, 1.165) is 25.7 Å². The zero-order valence-electron chi connectivity index (χ0n) is 15.3. The van der Waals surface area contributed by atoms with E-state index in [2.05, 4.69) is 13.2 Å². The summed E-state index contributed by atoms with van der Waals surface area (Å²) in [5.74, 6) is -0.827. The molecule has 136 valence electrons. The smallest absolute Gasteiger partial charge is 0.333 e. The van der Waals surface area contributed by atoms with Gasteiger partial charge in [-0.15, -0.1) is 0 Å². The van der Waals surface area contributed by atoms with Crippen molar-refractivity contribution >= 4 is 11.9 Å². The third-order valence-electron chi connectivity index (χ3n) is 4.36. The van der Waals surface area contributed by atoms with Crippen molar-refractivity contribution in [3.63, 3.8) is 0 Å². The van der Waals surface area contributed by atoms with Gasteiger partial charge in [0.05, 0.1) is 0 Å². The average molecular weight is 336 g/mol. The summed E-state index contributed by atoms with van der Waals surface area (Å²) in [6, 6.07) is 0. The van der Waals surface area contributed by atoms with E-state index < -0.39 is 24.1 Å². The molecular formula is C20H32O4. The summed E-state index contributed by atoms with van der Waals surface area (Å²) in [5.41, 5.74) is 0.734. The fraction of sp³-hybridized carbons (Fsp3) is 0.700. The largest absolute Gasteiger partial charge is 0.455 e. The molecule has 0 aromatic carbocycles. The SMILES string of the molecule is C=C(C)C(=O)OC1CCCCCCCCCCC1OC(=O)C(=C)C. The molecule has 1 aliphatic carbocycles. The molecule has 0 amide bonds. The summed E-state index contributed by atoms with van der Waals surface area (Å²) < 4.78 is 11.2. The molecule has 24 heavy (non-hydrogen) atoms. The summed E-state index contributed by atoms with van der Waals surface area (Å²) >= 11 is 0. The standard InChI is InChI=1S/C20H32O4/c1-15(2)19(21)23-17-13-11-9-7-5-6-8-10-12-14-18(17)24-20(22)16(3)4/h17-18H,1,3,5-14H2,2,4H3. The maximum Gasteiger partial charge on any atom is 0.333 e. The van der Waals surface area contributed by atoms with Gasteiger partial charge in [0, 0.05) is 11.1 Å². The van der Waals surface area contributed by atoms with Crippen molar-refractivity contribution in [3.8, 4) is 0 Å². The Morgan fingerprint density at radius 3 is 1.25 bits per heavy atom. The van der Waals surface area contributed by atoms with Crippen LogP contribution in [0.25, 0.3) is 0 Å². The van der Waals surface area contributed by atoms with Crippen molar-refractivity contribution in [1.29, 1.82) is 0 Å². The van der Waals surface area contributed by atoms with Crippen molar-refractivity contribution in [3.05, 3.63) is 24.3 Å². The second kappa shape index (κ2) is 11.1. The van der Waals surface area contributed by atoms with Crippen molar-refractivity contribution < 1.29 is 19.1 Å². The van der Waals surface area contributed by atoms with Crippen molar-refractivity contribution in [2.24, 2.45) is 0 Å². The van der Waals surface area contributed by atoms with E-state index in [9.17, 15) is 9.59 Å². The zero-order chi connectivity index (χ0) is 17.9. The molecule has 0 saturated heterocycles. The lowest BCUT2D eigenvalue weighted by Crippen LogP contribution is -2.36. The van der Waals surface area contributed by atoms with Gasteiger partial charge in [-0.2, -0.15) is 0 Å². The summed E-state index contributed by atoms with van der Waals surface area (Å²) in [6.07, 6.45) is 9.73. The van der Waals surface area contributed by atoms with E-state index in [0.29, 0.717) is 24.0 Å². The van der Waals surface area contributed by atoms with Crippen LogP contribution in [0.3, 0.4) is 0 Å². The van der Waals surface area contributed by atoms with Crippen molar-refractivity contribution in [2.75, 3.05) is 0 Å². The molecule has 4 nitrogen and oxygen atoms in total. The molecule has 2 atom stereocenters. The Hall–Kier alpha value is -1.58. The predicted molar refractivity (Wildman–Crippen MR) is 95.6 cm³/mol. The third kappa shape index (κ3) is 7.80. The summed E-state index contributed by atoms with van der Waals surface area (Å²) in [6.45, 7) is 10.5. The van der Waals surface area contributed by atoms with Crippen LogP contribution in [0.15, 0.2) is 24.3 Å². The molecule has 0 radical (unpaired) electrons. The van der Waals surface area contributed by atoms with E-state index in [1.807, 2.05) is 0 Å². The van der Waals surface area contributed by atoms with Gasteiger partial charge in [0.2, 0.25) is 0 Å².